The maximum atomic E-state index is 13.4. The molecule has 6 aromatic carbocycles. The van der Waals surface area contributed by atoms with Gasteiger partial charge >= 0.3 is 11.9 Å². The van der Waals surface area contributed by atoms with Crippen molar-refractivity contribution in [3.63, 3.8) is 0 Å². The van der Waals surface area contributed by atoms with Crippen LogP contribution in [0.3, 0.4) is 0 Å². The van der Waals surface area contributed by atoms with Gasteiger partial charge in [-0.05, 0) is 89.4 Å². The van der Waals surface area contributed by atoms with E-state index in [2.05, 4.69) is 112 Å². The van der Waals surface area contributed by atoms with E-state index in [0.717, 1.165) is 70.6 Å². The van der Waals surface area contributed by atoms with Crippen molar-refractivity contribution in [1.82, 2.24) is 0 Å². The van der Waals surface area contributed by atoms with E-state index in [1.54, 1.807) is 76.2 Å². The van der Waals surface area contributed by atoms with Crippen LogP contribution < -0.4 is 0 Å². The summed E-state index contributed by atoms with van der Waals surface area (Å²) in [7, 11) is 0. The number of benzene rings is 6. The van der Waals surface area contributed by atoms with Crippen molar-refractivity contribution in [2.75, 3.05) is 13.1 Å². The number of hydrogen-bond acceptors (Lipinski definition) is 11. The average molecular weight is 2390 g/mol. The van der Waals surface area contributed by atoms with Crippen LogP contribution in [-0.2, 0) is 154 Å². The number of hydrogen-bond donors (Lipinski definition) is 0. The van der Waals surface area contributed by atoms with Gasteiger partial charge in [0, 0.05) is 175 Å². The van der Waals surface area contributed by atoms with Gasteiger partial charge in [0.1, 0.15) is 11.1 Å². The van der Waals surface area contributed by atoms with Gasteiger partial charge in [-0.2, -0.15) is 0 Å². The molecule has 13 nitrogen and oxygen atoms in total. The molecule has 98 heavy (non-hydrogen) atoms. The summed E-state index contributed by atoms with van der Waals surface area (Å²) in [4.78, 5) is 82.8. The van der Waals surface area contributed by atoms with Crippen LogP contribution in [0.25, 0.3) is 0 Å². The number of alkyl halides is 2. The van der Waals surface area contributed by atoms with Crippen LogP contribution in [0.4, 0.5) is 8.78 Å². The van der Waals surface area contributed by atoms with Gasteiger partial charge in [-0.15, -0.1) is 215 Å². The Balaban J connectivity index is 0.000000582. The predicted molar refractivity (Wildman–Crippen MR) is 358 cm³/mol. The van der Waals surface area contributed by atoms with Crippen molar-refractivity contribution in [2.45, 2.75) is 138 Å². The molecule has 1 atom stereocenters. The summed E-state index contributed by atoms with van der Waals surface area (Å²) < 4.78 is 37.6. The average Bonchev–Trinajstić information content (AvgIpc) is 0.776. The van der Waals surface area contributed by atoms with Gasteiger partial charge in [-0.3, -0.25) is 34.2 Å². The van der Waals surface area contributed by atoms with Crippen LogP contribution in [0.15, 0.2) is 200 Å². The third-order valence-electron chi connectivity index (χ3n) is 15.4. The van der Waals surface area contributed by atoms with Gasteiger partial charge in [0.25, 0.3) is 11.8 Å². The maximum absolute atomic E-state index is 13.4. The third kappa shape index (κ3) is 25.5. The minimum absolute atomic E-state index is 0. The summed E-state index contributed by atoms with van der Waals surface area (Å²) in [5.41, 5.74) is 5.38. The first-order valence-corrected chi connectivity index (χ1v) is 30.6. The van der Waals surface area contributed by atoms with Gasteiger partial charge in [0.05, 0.1) is 5.41 Å². The number of esters is 2. The zero-order chi connectivity index (χ0) is 67.0. The third-order valence-corrected chi connectivity index (χ3v) is 15.4. The van der Waals surface area contributed by atoms with Crippen molar-refractivity contribution in [3.8, 4) is 0 Å². The molecular formula is C77H78F2Ir6N6O7-6. The number of rotatable bonds is 7. The minimum atomic E-state index is -2.78. The fraction of sp³-hybridized carbons (Fsp3) is 0.338. The molecule has 532 valence electrons. The molecule has 0 saturated carbocycles. The smallest absolute Gasteiger partial charge is 0.332 e. The van der Waals surface area contributed by atoms with Crippen molar-refractivity contribution in [3.05, 3.63) is 240 Å². The largest absolute Gasteiger partial charge is 0.461 e. The van der Waals surface area contributed by atoms with Crippen molar-refractivity contribution >= 4 is 63.8 Å². The fourth-order valence-corrected chi connectivity index (χ4v) is 9.77. The zero-order valence-corrected chi connectivity index (χ0v) is 70.8. The molecule has 6 aliphatic rings. The molecule has 0 fully saturated rings. The Morgan fingerprint density at radius 3 is 1.39 bits per heavy atom. The van der Waals surface area contributed by atoms with E-state index in [0.29, 0.717) is 30.5 Å². The van der Waals surface area contributed by atoms with Gasteiger partial charge in [0.2, 0.25) is 5.91 Å². The van der Waals surface area contributed by atoms with Crippen LogP contribution in [0.2, 0.25) is 0 Å². The normalized spacial score (nSPS) is 19.5. The number of aliphatic imine (C=N–C) groups is 6. The number of ketones is 1. The number of carbonyl (C=O) groups excluding carboxylic acids is 5. The molecule has 6 aromatic rings. The number of dihydropyridines is 2. The molecule has 21 heteroatoms. The van der Waals surface area contributed by atoms with E-state index in [1.807, 2.05) is 119 Å². The second-order valence-electron chi connectivity index (χ2n) is 25.3. The van der Waals surface area contributed by atoms with Gasteiger partial charge in [-0.1, -0.05) is 53.7 Å². The molecule has 6 radical (unpaired) electrons. The number of ether oxygens (including phenoxy) is 2. The molecule has 0 saturated heterocycles. The standard InChI is InChI=1S/2C14H16NO2.C14H16N.C13H14NO.C11H10F2N.C11H6NO2.6Ir/c1-13(2)12(16)17-14(3,4)11(15-13)10-8-6-5-7-9-10;1-13(2)11(10-8-6-5-7-9-10)15-14(3,4)17-12(13)16;1-3-14(2)10-9-13(15-11-14)12-7-5-4-6-8-12;1-13(2)9-8-11(15)14-12(13)10-6-4-3-5-7-10;12-11(13)7-4-8-14-10(11)9-5-2-1-3-6-9;13-9-6-7-10(14)12-11(9)8-4-2-1-3-5-8;;;;;;/h2*5-8H,1-4H3;4-7,9-10H,3,11H2,1-2H3;3-6H,8-9H2,1-2H3;1-3,5H,4,7-8H2;1-4,6-7H;;;;;;/q6*-1;;;;;;. The molecule has 0 bridgehead atoms. The summed E-state index contributed by atoms with van der Waals surface area (Å²) in [5.74, 6) is -3.99. The predicted octanol–water partition coefficient (Wildman–Crippen LogP) is 14.5. The SMILES string of the molecule is CC1(C)CCC(=O)N=C1c1[c-]cccc1.CC1(C)N=C(c2[c-]cccc2)C(C)(C)C(=O)O1.CC1(C)N=C(c2[c-]cccc2)C(C)(C)OC1=O.CCC1(C)C=CC(c2[c-]cccc2)=NC1.FC1(F)CCCN=C1c1[c-]cccc1.O=C1C=CC(=O)C(c2[c-]cccc2)=N1.[Ir].[Ir].[Ir].[Ir].[Ir].[Ir]. The number of halogens is 2. The molecule has 6 aliphatic heterocycles. The van der Waals surface area contributed by atoms with Crippen molar-refractivity contribution in [1.29, 1.82) is 0 Å². The Labute approximate surface area is 657 Å². The second kappa shape index (κ2) is 40.2. The molecular weight excluding hydrogens is 2310 g/mol. The Kier molecular flexibility index (Phi) is 37.2. The summed E-state index contributed by atoms with van der Waals surface area (Å²) in [6.45, 7) is 24.5. The number of cyclic esters (lactones) is 2. The Morgan fingerprint density at radius 2 is 0.939 bits per heavy atom. The van der Waals surface area contributed by atoms with Crippen LogP contribution >= 0.6 is 0 Å². The van der Waals surface area contributed by atoms with Gasteiger partial charge in [0.15, 0.2) is 11.5 Å². The molecule has 1 unspecified atom stereocenters. The molecule has 0 N–H and O–H groups in total. The van der Waals surface area contributed by atoms with Crippen LogP contribution in [-0.4, -0.2) is 99.7 Å². The first kappa shape index (κ1) is 90.5. The first-order valence-electron chi connectivity index (χ1n) is 30.6. The molecule has 0 aliphatic carbocycles. The van der Waals surface area contributed by atoms with Crippen molar-refractivity contribution < 1.29 is 163 Å². The maximum Gasteiger partial charge on any atom is 0.332 e. The Morgan fingerprint density at radius 1 is 0.480 bits per heavy atom. The van der Waals surface area contributed by atoms with E-state index in [-0.39, 0.29) is 173 Å². The number of nitrogens with zero attached hydrogens (tertiary/aromatic N) is 6. The van der Waals surface area contributed by atoms with Crippen LogP contribution in [0.1, 0.15) is 149 Å². The quantitative estimate of drug-likeness (QED) is 0.113. The molecule has 0 spiro atoms. The topological polar surface area (TPSA) is 178 Å². The van der Waals surface area contributed by atoms with Crippen LogP contribution in [0, 0.1) is 52.6 Å². The van der Waals surface area contributed by atoms with E-state index in [9.17, 15) is 32.8 Å². The molecule has 2 amide bonds. The Bertz CT molecular complexity index is 3860. The number of amides is 2. The van der Waals surface area contributed by atoms with E-state index in [4.69, 9.17) is 9.47 Å². The van der Waals surface area contributed by atoms with Crippen molar-refractivity contribution in [2.24, 2.45) is 46.2 Å². The van der Waals surface area contributed by atoms with E-state index in [1.165, 1.54) is 6.08 Å². The fourth-order valence-electron chi connectivity index (χ4n) is 9.77. The molecule has 6 heterocycles. The van der Waals surface area contributed by atoms with E-state index >= 15 is 0 Å². The summed E-state index contributed by atoms with van der Waals surface area (Å²) in [5, 5.41) is 0. The molecule has 12 rings (SSSR count). The van der Waals surface area contributed by atoms with Gasteiger partial charge < -0.3 is 24.5 Å². The monoisotopic (exact) mass is 2390 g/mol. The minimum Gasteiger partial charge on any atom is -0.461 e. The number of carbonyl (C=O) groups is 5. The summed E-state index contributed by atoms with van der Waals surface area (Å²) >= 11 is 0. The van der Waals surface area contributed by atoms with Crippen LogP contribution in [0.5, 0.6) is 0 Å². The summed E-state index contributed by atoms with van der Waals surface area (Å²) in [6.07, 6.45) is 9.71. The second-order valence-corrected chi connectivity index (χ2v) is 25.3. The first-order chi connectivity index (χ1) is 43.5. The zero-order valence-electron chi connectivity index (χ0n) is 56.4. The Hall–Kier alpha value is -5.47. The van der Waals surface area contributed by atoms with Gasteiger partial charge in [-0.25, -0.2) is 13.6 Å². The number of allylic oxidation sites excluding steroid dienone is 2. The molecule has 0 aromatic heterocycles. The van der Waals surface area contributed by atoms with E-state index < -0.39 is 34.1 Å². The summed E-state index contributed by atoms with van der Waals surface area (Å²) in [6, 6.07) is 62.6.